The van der Waals surface area contributed by atoms with Gasteiger partial charge in [-0.2, -0.15) is 0 Å². The topological polar surface area (TPSA) is 77.8 Å². The maximum absolute atomic E-state index is 13.1. The standard InChI is InChI=1S/C30H48O4/c1-19(9-8-13-26(2,3)34)20-12-14-29(7)25-23(32)17-22-21(10-11-24(33)27(22,4)5)30(25,18-31)16-15-28(20,29)6/h8,13,17-21,23-25,32-34H,9-12,14-16H2,1-7H3/t19-,20-,21-,23+,24+,25+,28-,29+,30-/m1/s1. The Morgan fingerprint density at radius 3 is 2.35 bits per heavy atom. The molecule has 4 heteroatoms. The molecule has 0 aliphatic heterocycles. The van der Waals surface area contributed by atoms with Gasteiger partial charge in [-0.15, -0.1) is 0 Å². The van der Waals surface area contributed by atoms with E-state index in [1.165, 1.54) is 6.29 Å². The van der Waals surface area contributed by atoms with Crippen molar-refractivity contribution >= 4 is 6.29 Å². The monoisotopic (exact) mass is 472 g/mol. The van der Waals surface area contributed by atoms with E-state index in [4.69, 9.17) is 0 Å². The fourth-order valence-corrected chi connectivity index (χ4v) is 9.29. The number of hydrogen-bond acceptors (Lipinski definition) is 4. The molecule has 4 aliphatic rings. The lowest BCUT2D eigenvalue weighted by Gasteiger charge is -2.66. The number of aliphatic hydroxyl groups excluding tert-OH is 2. The Bertz CT molecular complexity index is 866. The first-order valence-electron chi connectivity index (χ1n) is 13.6. The number of allylic oxidation sites excluding steroid dienone is 1. The van der Waals surface area contributed by atoms with Gasteiger partial charge in [0, 0.05) is 16.7 Å². The van der Waals surface area contributed by atoms with E-state index in [1.807, 2.05) is 12.2 Å². The Hall–Kier alpha value is -0.970. The van der Waals surface area contributed by atoms with E-state index in [0.29, 0.717) is 18.3 Å². The molecule has 0 unspecified atom stereocenters. The summed E-state index contributed by atoms with van der Waals surface area (Å²) in [5.74, 6) is 1.03. The average molecular weight is 473 g/mol. The van der Waals surface area contributed by atoms with Crippen LogP contribution in [0, 0.1) is 45.3 Å². The largest absolute Gasteiger partial charge is 0.392 e. The van der Waals surface area contributed by atoms with Crippen molar-refractivity contribution < 1.29 is 20.1 Å². The van der Waals surface area contributed by atoms with Crippen molar-refractivity contribution in [2.45, 2.75) is 111 Å². The molecule has 0 radical (unpaired) electrons. The Kier molecular flexibility index (Phi) is 6.36. The number of carbonyl (C=O) groups is 1. The second-order valence-corrected chi connectivity index (χ2v) is 13.9. The molecule has 0 saturated heterocycles. The Morgan fingerprint density at radius 1 is 1.06 bits per heavy atom. The molecular formula is C30H48O4. The maximum atomic E-state index is 13.1. The molecule has 3 saturated carbocycles. The van der Waals surface area contributed by atoms with Crippen LogP contribution in [0.1, 0.15) is 93.4 Å². The summed E-state index contributed by atoms with van der Waals surface area (Å²) in [5.41, 5.74) is -0.705. The molecular weight excluding hydrogens is 424 g/mol. The molecule has 3 fully saturated rings. The van der Waals surface area contributed by atoms with Gasteiger partial charge >= 0.3 is 0 Å². The minimum atomic E-state index is -0.792. The molecule has 0 spiro atoms. The molecule has 4 aliphatic carbocycles. The molecule has 0 bridgehead atoms. The van der Waals surface area contributed by atoms with Crippen LogP contribution in [0.2, 0.25) is 0 Å². The molecule has 4 nitrogen and oxygen atoms in total. The van der Waals surface area contributed by atoms with Crippen LogP contribution in [0.25, 0.3) is 0 Å². The van der Waals surface area contributed by atoms with Crippen LogP contribution in [0.4, 0.5) is 0 Å². The van der Waals surface area contributed by atoms with Gasteiger partial charge in [0.2, 0.25) is 0 Å². The molecule has 0 aromatic heterocycles. The van der Waals surface area contributed by atoms with Gasteiger partial charge in [0.25, 0.3) is 0 Å². The second-order valence-electron chi connectivity index (χ2n) is 13.9. The smallest absolute Gasteiger partial charge is 0.127 e. The van der Waals surface area contributed by atoms with E-state index >= 15 is 0 Å². The van der Waals surface area contributed by atoms with E-state index < -0.39 is 28.6 Å². The highest BCUT2D eigenvalue weighted by Gasteiger charge is 2.70. The highest BCUT2D eigenvalue weighted by Crippen LogP contribution is 2.74. The van der Waals surface area contributed by atoms with Crippen molar-refractivity contribution in [2.24, 2.45) is 45.3 Å². The van der Waals surface area contributed by atoms with Crippen molar-refractivity contribution in [1.29, 1.82) is 0 Å². The normalized spacial score (nSPS) is 46.9. The number of aliphatic hydroxyl groups is 3. The summed E-state index contributed by atoms with van der Waals surface area (Å²) in [5, 5.41) is 32.5. The summed E-state index contributed by atoms with van der Waals surface area (Å²) in [6, 6.07) is 0. The molecule has 0 aromatic rings. The van der Waals surface area contributed by atoms with Gasteiger partial charge in [-0.05, 0) is 87.4 Å². The van der Waals surface area contributed by atoms with E-state index in [1.54, 1.807) is 13.8 Å². The van der Waals surface area contributed by atoms with Gasteiger partial charge in [0.1, 0.15) is 6.29 Å². The first-order valence-corrected chi connectivity index (χ1v) is 13.6. The van der Waals surface area contributed by atoms with E-state index in [-0.39, 0.29) is 22.7 Å². The molecule has 0 amide bonds. The summed E-state index contributed by atoms with van der Waals surface area (Å²) >= 11 is 0. The van der Waals surface area contributed by atoms with E-state index in [9.17, 15) is 20.1 Å². The van der Waals surface area contributed by atoms with Crippen LogP contribution < -0.4 is 0 Å². The number of rotatable bonds is 5. The minimum absolute atomic E-state index is 0.0577. The summed E-state index contributed by atoms with van der Waals surface area (Å²) in [6.07, 6.45) is 12.7. The summed E-state index contributed by atoms with van der Waals surface area (Å²) in [4.78, 5) is 13.1. The van der Waals surface area contributed by atoms with Gasteiger partial charge in [0.05, 0.1) is 17.8 Å². The SMILES string of the molecule is C[C@H](CC=CC(C)(C)O)[C@H]1CC[C@@]2(C)[C@@H]3[C@@H](O)C=C4[C@@H](CC[C@H](O)C4(C)C)[C@]3(C=O)CC[C@]12C. The number of aldehydes is 1. The van der Waals surface area contributed by atoms with Crippen LogP contribution in [-0.4, -0.2) is 39.4 Å². The molecule has 3 N–H and O–H groups in total. The molecule has 9 atom stereocenters. The maximum Gasteiger partial charge on any atom is 0.127 e. The lowest BCUT2D eigenvalue weighted by molar-refractivity contribution is -0.182. The van der Waals surface area contributed by atoms with Gasteiger partial charge in [-0.3, -0.25) is 0 Å². The van der Waals surface area contributed by atoms with Gasteiger partial charge in [-0.1, -0.05) is 58.4 Å². The van der Waals surface area contributed by atoms with Crippen molar-refractivity contribution in [1.82, 2.24) is 0 Å². The first kappa shape index (κ1) is 26.1. The Labute approximate surface area is 206 Å². The van der Waals surface area contributed by atoms with Crippen molar-refractivity contribution in [3.05, 3.63) is 23.8 Å². The molecule has 34 heavy (non-hydrogen) atoms. The van der Waals surface area contributed by atoms with Crippen LogP contribution in [-0.2, 0) is 4.79 Å². The number of carbonyl (C=O) groups excluding carboxylic acids is 1. The van der Waals surface area contributed by atoms with E-state index in [0.717, 1.165) is 44.1 Å². The van der Waals surface area contributed by atoms with Crippen LogP contribution >= 0.6 is 0 Å². The van der Waals surface area contributed by atoms with Crippen molar-refractivity contribution in [3.63, 3.8) is 0 Å². The molecule has 0 aromatic carbocycles. The van der Waals surface area contributed by atoms with Crippen molar-refractivity contribution in [2.75, 3.05) is 0 Å². The predicted molar refractivity (Wildman–Crippen MR) is 136 cm³/mol. The van der Waals surface area contributed by atoms with Crippen LogP contribution in [0.5, 0.6) is 0 Å². The summed E-state index contributed by atoms with van der Waals surface area (Å²) < 4.78 is 0. The van der Waals surface area contributed by atoms with Crippen LogP contribution in [0.3, 0.4) is 0 Å². The summed E-state index contributed by atoms with van der Waals surface area (Å²) in [7, 11) is 0. The quantitative estimate of drug-likeness (QED) is 0.367. The average Bonchev–Trinajstić information content (AvgIpc) is 3.01. The van der Waals surface area contributed by atoms with E-state index in [2.05, 4.69) is 40.7 Å². The fraction of sp³-hybridized carbons (Fsp3) is 0.833. The minimum Gasteiger partial charge on any atom is -0.392 e. The first-order chi connectivity index (χ1) is 15.6. The zero-order chi connectivity index (χ0) is 25.3. The third-order valence-electron chi connectivity index (χ3n) is 11.4. The number of hydrogen-bond donors (Lipinski definition) is 3. The van der Waals surface area contributed by atoms with Gasteiger partial charge in [-0.25, -0.2) is 0 Å². The number of fused-ring (bicyclic) bond motifs is 5. The third kappa shape index (κ3) is 3.61. The predicted octanol–water partition coefficient (Wildman–Crippen LogP) is 5.46. The van der Waals surface area contributed by atoms with Gasteiger partial charge < -0.3 is 20.1 Å². The lowest BCUT2D eigenvalue weighted by atomic mass is 9.38. The molecule has 192 valence electrons. The molecule has 0 heterocycles. The van der Waals surface area contributed by atoms with Gasteiger partial charge in [0.15, 0.2) is 0 Å². The highest BCUT2D eigenvalue weighted by molar-refractivity contribution is 5.65. The second kappa shape index (κ2) is 8.28. The zero-order valence-electron chi connectivity index (χ0n) is 22.5. The fourth-order valence-electron chi connectivity index (χ4n) is 9.29. The molecule has 4 rings (SSSR count). The Balaban J connectivity index is 1.70. The third-order valence-corrected chi connectivity index (χ3v) is 11.4. The zero-order valence-corrected chi connectivity index (χ0v) is 22.5. The summed E-state index contributed by atoms with van der Waals surface area (Å²) in [6.45, 7) is 14.9. The van der Waals surface area contributed by atoms with Crippen LogP contribution in [0.15, 0.2) is 23.8 Å². The lowest BCUT2D eigenvalue weighted by Crippen LogP contribution is -2.64. The van der Waals surface area contributed by atoms with Crippen molar-refractivity contribution in [3.8, 4) is 0 Å². The Morgan fingerprint density at radius 2 is 1.74 bits per heavy atom. The highest BCUT2D eigenvalue weighted by atomic mass is 16.3.